The third kappa shape index (κ3) is 4.37. The number of carbonyl (C=O) groups excluding carboxylic acids is 1. The van der Waals surface area contributed by atoms with Crippen LogP contribution in [0, 0.1) is 0 Å². The fourth-order valence-corrected chi connectivity index (χ4v) is 0.828. The van der Waals surface area contributed by atoms with E-state index in [-0.39, 0.29) is 0 Å². The van der Waals surface area contributed by atoms with E-state index in [0.29, 0.717) is 13.8 Å². The molecule has 0 rings (SSSR count). The van der Waals surface area contributed by atoms with Crippen molar-refractivity contribution < 1.29 is 49.4 Å². The zero-order valence-electron chi connectivity index (χ0n) is 10.1. The fourth-order valence-electron chi connectivity index (χ4n) is 0.828. The zero-order valence-corrected chi connectivity index (χ0v) is 10.1. The van der Waals surface area contributed by atoms with E-state index in [1.807, 2.05) is 0 Å². The highest BCUT2D eigenvalue weighted by Crippen LogP contribution is 2.31. The summed E-state index contributed by atoms with van der Waals surface area (Å²) in [6, 6.07) is 0. The number of rotatable bonds is 6. The predicted octanol–water partition coefficient (Wildman–Crippen LogP) is 3.72. The van der Waals surface area contributed by atoms with Crippen LogP contribution in [0.15, 0.2) is 0 Å². The Labute approximate surface area is 107 Å². The van der Waals surface area contributed by atoms with Crippen LogP contribution in [0.3, 0.4) is 0 Å². The number of ether oxygens (including phenoxy) is 2. The minimum Gasteiger partial charge on any atom is -0.425 e. The second-order valence-electron chi connectivity index (χ2n) is 3.72. The fraction of sp³-hybridized carbons (Fsp3) is 0.889. The van der Waals surface area contributed by atoms with Gasteiger partial charge in [-0.2, -0.15) is 17.6 Å². The molecule has 0 N–H and O–H groups in total. The standard InChI is InChI=1S/C9H10F8O3/c1-3(8(14,15)5(10)11)19-7(18)20-4(2)9(16,17)6(12)13/h3-6H,1-2H3. The molecule has 0 aliphatic heterocycles. The van der Waals surface area contributed by atoms with E-state index in [4.69, 9.17) is 0 Å². The van der Waals surface area contributed by atoms with E-state index >= 15 is 0 Å². The maximum Gasteiger partial charge on any atom is 0.509 e. The molecule has 0 aliphatic carbocycles. The van der Waals surface area contributed by atoms with Crippen molar-refractivity contribution >= 4 is 6.16 Å². The van der Waals surface area contributed by atoms with Gasteiger partial charge in [-0.25, -0.2) is 22.4 Å². The Morgan fingerprint density at radius 3 is 1.25 bits per heavy atom. The van der Waals surface area contributed by atoms with Gasteiger partial charge >= 0.3 is 30.9 Å². The molecule has 11 heteroatoms. The summed E-state index contributed by atoms with van der Waals surface area (Å²) >= 11 is 0. The second kappa shape index (κ2) is 6.44. The van der Waals surface area contributed by atoms with Gasteiger partial charge in [-0.1, -0.05) is 0 Å². The average Bonchev–Trinajstić information content (AvgIpc) is 2.27. The highest BCUT2D eigenvalue weighted by Gasteiger charge is 2.51. The minimum atomic E-state index is -4.74. The molecule has 20 heavy (non-hydrogen) atoms. The molecule has 0 aromatic rings. The Bertz CT molecular complexity index is 303. The smallest absolute Gasteiger partial charge is 0.425 e. The highest BCUT2D eigenvalue weighted by atomic mass is 19.3. The lowest BCUT2D eigenvalue weighted by Gasteiger charge is -2.25. The molecule has 0 fully saturated rings. The first-order valence-electron chi connectivity index (χ1n) is 5.02. The number of hydrogen-bond donors (Lipinski definition) is 0. The third-order valence-electron chi connectivity index (χ3n) is 2.21. The van der Waals surface area contributed by atoms with Crippen molar-refractivity contribution in [2.45, 2.75) is 50.8 Å². The van der Waals surface area contributed by atoms with Crippen LogP contribution in [0.25, 0.3) is 0 Å². The quantitative estimate of drug-likeness (QED) is 0.553. The van der Waals surface area contributed by atoms with Crippen LogP contribution in [0.2, 0.25) is 0 Å². The summed E-state index contributed by atoms with van der Waals surface area (Å²) in [6.07, 6.45) is -15.9. The molecule has 0 aromatic heterocycles. The lowest BCUT2D eigenvalue weighted by atomic mass is 10.2. The van der Waals surface area contributed by atoms with Crippen molar-refractivity contribution in [2.24, 2.45) is 0 Å². The van der Waals surface area contributed by atoms with E-state index in [0.717, 1.165) is 0 Å². The molecule has 2 atom stereocenters. The molecule has 3 nitrogen and oxygen atoms in total. The molecule has 120 valence electrons. The van der Waals surface area contributed by atoms with E-state index in [2.05, 4.69) is 9.47 Å². The van der Waals surface area contributed by atoms with Crippen molar-refractivity contribution in [3.8, 4) is 0 Å². The first-order valence-corrected chi connectivity index (χ1v) is 5.02. The number of hydrogen-bond acceptors (Lipinski definition) is 3. The van der Waals surface area contributed by atoms with Gasteiger partial charge in [0.25, 0.3) is 0 Å². The second-order valence-corrected chi connectivity index (χ2v) is 3.72. The summed E-state index contributed by atoms with van der Waals surface area (Å²) in [4.78, 5) is 10.8. The summed E-state index contributed by atoms with van der Waals surface area (Å²) in [5.41, 5.74) is 0. The molecular formula is C9H10F8O3. The molecule has 0 spiro atoms. The van der Waals surface area contributed by atoms with Gasteiger partial charge in [-0.3, -0.25) is 0 Å². The van der Waals surface area contributed by atoms with E-state index in [9.17, 15) is 39.9 Å². The summed E-state index contributed by atoms with van der Waals surface area (Å²) in [7, 11) is 0. The first-order chi connectivity index (χ1) is 8.83. The molecule has 0 saturated carbocycles. The Balaban J connectivity index is 4.59. The van der Waals surface area contributed by atoms with E-state index in [1.54, 1.807) is 0 Å². The summed E-state index contributed by atoms with van der Waals surface area (Å²) in [6.45, 7) is 0.729. The normalized spacial score (nSPS) is 16.2. The summed E-state index contributed by atoms with van der Waals surface area (Å²) in [5, 5.41) is 0. The van der Waals surface area contributed by atoms with Crippen molar-refractivity contribution in [1.82, 2.24) is 0 Å². The van der Waals surface area contributed by atoms with Crippen LogP contribution in [0.5, 0.6) is 0 Å². The molecular weight excluding hydrogens is 308 g/mol. The lowest BCUT2D eigenvalue weighted by Crippen LogP contribution is -2.44. The maximum atomic E-state index is 12.6. The van der Waals surface area contributed by atoms with Crippen molar-refractivity contribution in [2.75, 3.05) is 0 Å². The van der Waals surface area contributed by atoms with Gasteiger partial charge in [0.1, 0.15) is 0 Å². The average molecular weight is 318 g/mol. The number of alkyl halides is 8. The van der Waals surface area contributed by atoms with Crippen LogP contribution in [-0.2, 0) is 9.47 Å². The van der Waals surface area contributed by atoms with E-state index in [1.165, 1.54) is 0 Å². The van der Waals surface area contributed by atoms with Gasteiger partial charge in [0.2, 0.25) is 0 Å². The van der Waals surface area contributed by atoms with Gasteiger partial charge in [-0.15, -0.1) is 0 Å². The van der Waals surface area contributed by atoms with Gasteiger partial charge in [0.05, 0.1) is 0 Å². The largest absolute Gasteiger partial charge is 0.509 e. The SMILES string of the molecule is CC(OC(=O)OC(C)C(F)(F)C(F)F)C(F)(F)C(F)F. The maximum absolute atomic E-state index is 12.6. The molecule has 0 aromatic carbocycles. The van der Waals surface area contributed by atoms with Crippen LogP contribution in [-0.4, -0.2) is 43.1 Å². The Kier molecular flexibility index (Phi) is 6.02. The molecule has 0 heterocycles. The third-order valence-corrected chi connectivity index (χ3v) is 2.21. The number of carbonyl (C=O) groups is 1. The van der Waals surface area contributed by atoms with Gasteiger partial charge in [-0.05, 0) is 13.8 Å². The van der Waals surface area contributed by atoms with Crippen LogP contribution in [0.4, 0.5) is 39.9 Å². The molecule has 2 unspecified atom stereocenters. The van der Waals surface area contributed by atoms with Gasteiger partial charge < -0.3 is 9.47 Å². The Hall–Kier alpha value is -1.29. The van der Waals surface area contributed by atoms with Crippen molar-refractivity contribution in [3.63, 3.8) is 0 Å². The lowest BCUT2D eigenvalue weighted by molar-refractivity contribution is -0.210. The van der Waals surface area contributed by atoms with Crippen LogP contribution < -0.4 is 0 Å². The minimum absolute atomic E-state index is 0.364. The topological polar surface area (TPSA) is 35.5 Å². The van der Waals surface area contributed by atoms with Crippen molar-refractivity contribution in [3.05, 3.63) is 0 Å². The molecule has 0 saturated heterocycles. The number of halogens is 8. The van der Waals surface area contributed by atoms with Crippen molar-refractivity contribution in [1.29, 1.82) is 0 Å². The highest BCUT2D eigenvalue weighted by molar-refractivity contribution is 5.60. The molecule has 0 aliphatic rings. The first kappa shape index (κ1) is 18.7. The van der Waals surface area contributed by atoms with Crippen LogP contribution in [0.1, 0.15) is 13.8 Å². The molecule has 0 bridgehead atoms. The summed E-state index contributed by atoms with van der Waals surface area (Å²) in [5.74, 6) is -9.49. The Morgan fingerprint density at radius 2 is 1.05 bits per heavy atom. The van der Waals surface area contributed by atoms with Gasteiger partial charge in [0.15, 0.2) is 12.2 Å². The van der Waals surface area contributed by atoms with E-state index < -0.39 is 43.1 Å². The molecule has 0 radical (unpaired) electrons. The van der Waals surface area contributed by atoms with Crippen LogP contribution >= 0.6 is 0 Å². The zero-order chi connectivity index (χ0) is 16.3. The summed E-state index contributed by atoms with van der Waals surface area (Å²) < 4.78 is 105. The monoisotopic (exact) mass is 318 g/mol. The molecule has 0 amide bonds. The predicted molar refractivity (Wildman–Crippen MR) is 48.4 cm³/mol. The van der Waals surface area contributed by atoms with Gasteiger partial charge in [0, 0.05) is 0 Å². The Morgan fingerprint density at radius 1 is 0.800 bits per heavy atom.